The van der Waals surface area contributed by atoms with E-state index < -0.39 is 38.3 Å². The first kappa shape index (κ1) is 38.3. The predicted octanol–water partition coefficient (Wildman–Crippen LogP) is 5.56. The minimum Gasteiger partial charge on any atom is -0.387 e. The second kappa shape index (κ2) is 20.3. The Kier molecular flexibility index (Phi) is 16.9. The summed E-state index contributed by atoms with van der Waals surface area (Å²) in [6.07, 6.45) is 16.6. The van der Waals surface area contributed by atoms with Gasteiger partial charge in [0.15, 0.2) is 5.82 Å². The van der Waals surface area contributed by atoms with E-state index in [2.05, 4.69) is 17.0 Å². The van der Waals surface area contributed by atoms with Crippen molar-refractivity contribution in [1.82, 2.24) is 14.6 Å². The van der Waals surface area contributed by atoms with Crippen LogP contribution in [0.15, 0.2) is 18.5 Å². The lowest BCUT2D eigenvalue weighted by Crippen LogP contribution is -2.41. The van der Waals surface area contributed by atoms with Crippen LogP contribution in [0.2, 0.25) is 0 Å². The molecule has 0 radical (unpaired) electrons. The molecule has 0 aromatic carbocycles. The zero-order chi connectivity index (χ0) is 33.3. The van der Waals surface area contributed by atoms with Crippen LogP contribution in [0.5, 0.6) is 0 Å². The van der Waals surface area contributed by atoms with Crippen molar-refractivity contribution in [3.05, 3.63) is 24.2 Å². The van der Waals surface area contributed by atoms with Gasteiger partial charge in [-0.3, -0.25) is 9.05 Å². The molecule has 3 rings (SSSR count). The molecule has 0 saturated carbocycles. The van der Waals surface area contributed by atoms with E-state index in [9.17, 15) is 24.9 Å². The summed E-state index contributed by atoms with van der Waals surface area (Å²) < 4.78 is 35.1. The number of aromatic nitrogens is 3. The SMILES string of the molecule is CCCCCCCCCCCCCCCCCOCCCOP(=O)(O)OC[C@H]1O[C@@](C#N)(c2ccc3c(N)ncnn23)[C@H](O)[C@@H]1O. The fraction of sp³-hybridized carbons (Fsp3) is 0.781. The molecule has 5 N–H and O–H groups in total. The van der Waals surface area contributed by atoms with Gasteiger partial charge in [-0.1, -0.05) is 96.8 Å². The standard InChI is InChI=1S/C32H54N5O8P/c1-2-3-4-5-6-7-8-9-10-11-12-13-14-15-16-20-42-21-17-22-43-46(40,41)44-23-27-29(38)30(39)32(24-33,45-27)28-19-18-26-31(34)35-25-36-37(26)28/h18-19,25,27,29-30,38-39H,2-17,20-23H2,1H3,(H,40,41)(H2,34,35,36)/t27-,29-,30-,32+/m1/s1. The third kappa shape index (κ3) is 11.5. The van der Waals surface area contributed by atoms with Gasteiger partial charge in [-0.25, -0.2) is 14.1 Å². The van der Waals surface area contributed by atoms with E-state index in [1.807, 2.05) is 6.07 Å². The molecule has 14 heteroatoms. The number of rotatable bonds is 25. The molecule has 0 spiro atoms. The van der Waals surface area contributed by atoms with E-state index >= 15 is 0 Å². The number of unbranched alkanes of at least 4 members (excludes halogenated alkanes) is 14. The summed E-state index contributed by atoms with van der Waals surface area (Å²) in [4.78, 5) is 14.0. The zero-order valence-corrected chi connectivity index (χ0v) is 28.2. The van der Waals surface area contributed by atoms with Gasteiger partial charge in [-0.15, -0.1) is 0 Å². The average Bonchev–Trinajstić information content (AvgIpc) is 3.59. The average molecular weight is 668 g/mol. The number of anilines is 1. The van der Waals surface area contributed by atoms with Crippen molar-refractivity contribution in [1.29, 1.82) is 5.26 Å². The number of nitrogen functional groups attached to an aromatic ring is 1. The fourth-order valence-corrected chi connectivity index (χ4v) is 6.54. The Morgan fingerprint density at radius 2 is 1.52 bits per heavy atom. The highest BCUT2D eigenvalue weighted by Crippen LogP contribution is 2.46. The summed E-state index contributed by atoms with van der Waals surface area (Å²) in [5.41, 5.74) is 4.31. The third-order valence-electron chi connectivity index (χ3n) is 8.47. The van der Waals surface area contributed by atoms with Crippen molar-refractivity contribution >= 4 is 19.2 Å². The number of phosphoric ester groups is 1. The Morgan fingerprint density at radius 3 is 2.13 bits per heavy atom. The van der Waals surface area contributed by atoms with Crippen LogP contribution >= 0.6 is 7.82 Å². The molecular weight excluding hydrogens is 613 g/mol. The molecule has 1 aliphatic heterocycles. The summed E-state index contributed by atoms with van der Waals surface area (Å²) in [5, 5.41) is 35.4. The number of ether oxygens (including phenoxy) is 2. The van der Waals surface area contributed by atoms with E-state index in [1.54, 1.807) is 6.07 Å². The normalized spacial score (nSPS) is 22.7. The first-order valence-electron chi connectivity index (χ1n) is 17.0. The Hall–Kier alpha value is -2.14. The second-order valence-corrected chi connectivity index (χ2v) is 13.6. The van der Waals surface area contributed by atoms with Gasteiger partial charge in [-0.2, -0.15) is 10.4 Å². The topological polar surface area (TPSA) is 195 Å². The van der Waals surface area contributed by atoms with E-state index in [1.165, 1.54) is 100 Å². The molecular formula is C32H54N5O8P. The molecule has 13 nitrogen and oxygen atoms in total. The van der Waals surface area contributed by atoms with Crippen LogP contribution in [0, 0.1) is 11.3 Å². The van der Waals surface area contributed by atoms with Gasteiger partial charge in [-0.05, 0) is 25.0 Å². The molecule has 0 amide bonds. The van der Waals surface area contributed by atoms with Crippen molar-refractivity contribution < 1.29 is 38.2 Å². The molecule has 260 valence electrons. The minimum absolute atomic E-state index is 0.0667. The number of hydrogen-bond acceptors (Lipinski definition) is 11. The number of aliphatic hydroxyl groups is 2. The second-order valence-electron chi connectivity index (χ2n) is 12.1. The Morgan fingerprint density at radius 1 is 0.935 bits per heavy atom. The first-order chi connectivity index (χ1) is 22.3. The predicted molar refractivity (Wildman–Crippen MR) is 174 cm³/mol. The lowest BCUT2D eigenvalue weighted by atomic mass is 9.92. The molecule has 46 heavy (non-hydrogen) atoms. The highest BCUT2D eigenvalue weighted by atomic mass is 31.2. The third-order valence-corrected chi connectivity index (χ3v) is 9.45. The Balaban J connectivity index is 1.21. The number of hydrogen-bond donors (Lipinski definition) is 4. The maximum atomic E-state index is 12.4. The van der Waals surface area contributed by atoms with E-state index in [0.717, 1.165) is 12.8 Å². The van der Waals surface area contributed by atoms with E-state index in [0.29, 0.717) is 25.2 Å². The highest BCUT2D eigenvalue weighted by molar-refractivity contribution is 7.47. The van der Waals surface area contributed by atoms with Gasteiger partial charge in [0.05, 0.1) is 18.9 Å². The van der Waals surface area contributed by atoms with Gasteiger partial charge < -0.3 is 30.3 Å². The van der Waals surface area contributed by atoms with Crippen LogP contribution in [0.3, 0.4) is 0 Å². The van der Waals surface area contributed by atoms with Crippen LogP contribution in [0.25, 0.3) is 5.52 Å². The smallest absolute Gasteiger partial charge is 0.387 e. The number of nitrogens with zero attached hydrogens (tertiary/aromatic N) is 4. The van der Waals surface area contributed by atoms with Gasteiger partial charge in [0.1, 0.15) is 36.2 Å². The van der Waals surface area contributed by atoms with Crippen molar-refractivity contribution in [2.75, 3.05) is 32.2 Å². The summed E-state index contributed by atoms with van der Waals surface area (Å²) in [6.45, 7) is 2.61. The maximum absolute atomic E-state index is 12.4. The first-order valence-corrected chi connectivity index (χ1v) is 18.5. The van der Waals surface area contributed by atoms with Crippen molar-refractivity contribution in [2.24, 2.45) is 0 Å². The Labute approximate surface area is 273 Å². The molecule has 0 aliphatic carbocycles. The van der Waals surface area contributed by atoms with Gasteiger partial charge in [0.25, 0.3) is 0 Å². The summed E-state index contributed by atoms with van der Waals surface area (Å²) in [7, 11) is -4.49. The molecule has 5 atom stereocenters. The van der Waals surface area contributed by atoms with Crippen molar-refractivity contribution in [2.45, 2.75) is 134 Å². The van der Waals surface area contributed by atoms with Crippen LogP contribution in [-0.2, 0) is 28.7 Å². The molecule has 1 unspecified atom stereocenters. The maximum Gasteiger partial charge on any atom is 0.472 e. The lowest BCUT2D eigenvalue weighted by molar-refractivity contribution is -0.0643. The van der Waals surface area contributed by atoms with Crippen molar-refractivity contribution in [3.8, 4) is 6.07 Å². The lowest BCUT2D eigenvalue weighted by Gasteiger charge is -2.24. The van der Waals surface area contributed by atoms with E-state index in [4.69, 9.17) is 24.3 Å². The Bertz CT molecular complexity index is 1240. The van der Waals surface area contributed by atoms with Gasteiger partial charge in [0.2, 0.25) is 5.60 Å². The molecule has 0 bridgehead atoms. The summed E-state index contributed by atoms with van der Waals surface area (Å²) >= 11 is 0. The van der Waals surface area contributed by atoms with Crippen LogP contribution in [0.1, 0.15) is 115 Å². The molecule has 1 aliphatic rings. The monoisotopic (exact) mass is 667 g/mol. The summed E-state index contributed by atoms with van der Waals surface area (Å²) in [6, 6.07) is 4.93. The minimum atomic E-state index is -4.49. The van der Waals surface area contributed by atoms with Crippen molar-refractivity contribution in [3.63, 3.8) is 0 Å². The molecule has 1 saturated heterocycles. The number of nitriles is 1. The zero-order valence-electron chi connectivity index (χ0n) is 27.3. The van der Waals surface area contributed by atoms with Crippen LogP contribution < -0.4 is 5.73 Å². The fourth-order valence-electron chi connectivity index (χ4n) is 5.77. The largest absolute Gasteiger partial charge is 0.472 e. The van der Waals surface area contributed by atoms with Gasteiger partial charge >= 0.3 is 7.82 Å². The van der Waals surface area contributed by atoms with Crippen LogP contribution in [0.4, 0.5) is 5.82 Å². The number of fused-ring (bicyclic) bond motifs is 1. The number of aliphatic hydroxyl groups excluding tert-OH is 2. The number of nitrogens with two attached hydrogens (primary N) is 1. The highest BCUT2D eigenvalue weighted by Gasteiger charge is 2.58. The molecule has 2 aromatic rings. The molecule has 2 aromatic heterocycles. The quantitative estimate of drug-likeness (QED) is 0.0761. The van der Waals surface area contributed by atoms with Gasteiger partial charge in [0, 0.05) is 13.2 Å². The molecule has 3 heterocycles. The van der Waals surface area contributed by atoms with E-state index in [-0.39, 0.29) is 18.1 Å². The molecule has 1 fully saturated rings. The summed E-state index contributed by atoms with van der Waals surface area (Å²) in [5.74, 6) is 0.149. The number of phosphoric acid groups is 1. The van der Waals surface area contributed by atoms with Crippen LogP contribution in [-0.4, -0.2) is 74.4 Å².